The highest BCUT2D eigenvalue weighted by atomic mass is 79.9. The Morgan fingerprint density at radius 2 is 2.25 bits per heavy atom. The largest absolute Gasteiger partial charge is 0.405 e. The van der Waals surface area contributed by atoms with E-state index in [0.717, 1.165) is 11.8 Å². The zero-order valence-corrected chi connectivity index (χ0v) is 10.2. The summed E-state index contributed by atoms with van der Waals surface area (Å²) in [5, 5.41) is 8.84. The van der Waals surface area contributed by atoms with E-state index in [0.29, 0.717) is 9.50 Å². The number of nitrogens with zero attached hydrogens (tertiary/aromatic N) is 2. The van der Waals surface area contributed by atoms with Crippen LogP contribution in [0.5, 0.6) is 0 Å². The fourth-order valence-corrected chi connectivity index (χ4v) is 2.37. The minimum absolute atomic E-state index is 0.352. The molecule has 0 aliphatic rings. The first-order chi connectivity index (χ1) is 7.45. The number of halogens is 4. The van der Waals surface area contributed by atoms with E-state index in [-0.39, 0.29) is 5.75 Å². The Morgan fingerprint density at radius 3 is 2.75 bits per heavy atom. The topological polar surface area (TPSA) is 36.7 Å². The van der Waals surface area contributed by atoms with Crippen LogP contribution in [0.4, 0.5) is 13.2 Å². The molecule has 1 rings (SSSR count). The molecule has 0 aliphatic carbocycles. The molecule has 1 atom stereocenters. The van der Waals surface area contributed by atoms with Crippen LogP contribution < -0.4 is 0 Å². The van der Waals surface area contributed by atoms with Gasteiger partial charge in [-0.15, -0.1) is 11.8 Å². The molecular formula is C9H6BrF3N2S. The van der Waals surface area contributed by atoms with Gasteiger partial charge in [0.1, 0.15) is 5.03 Å². The normalized spacial score (nSPS) is 13.2. The summed E-state index contributed by atoms with van der Waals surface area (Å²) in [5.41, 5.74) is 0. The van der Waals surface area contributed by atoms with E-state index in [9.17, 15) is 13.2 Å². The second kappa shape index (κ2) is 5.55. The van der Waals surface area contributed by atoms with Gasteiger partial charge in [0.05, 0.1) is 6.07 Å². The van der Waals surface area contributed by atoms with Gasteiger partial charge >= 0.3 is 6.18 Å². The van der Waals surface area contributed by atoms with Gasteiger partial charge in [-0.05, 0) is 28.1 Å². The van der Waals surface area contributed by atoms with Crippen LogP contribution in [0.1, 0.15) is 0 Å². The maximum Gasteiger partial charge on any atom is 0.405 e. The van der Waals surface area contributed by atoms with Gasteiger partial charge in [0.25, 0.3) is 0 Å². The molecule has 0 radical (unpaired) electrons. The van der Waals surface area contributed by atoms with Gasteiger partial charge in [0, 0.05) is 16.4 Å². The SMILES string of the molecule is N#CC(CSc1ncccc1Br)C(F)(F)F. The Bertz CT molecular complexity index is 402. The Labute approximate surface area is 103 Å². The number of thioether (sulfide) groups is 1. The van der Waals surface area contributed by atoms with E-state index >= 15 is 0 Å². The lowest BCUT2D eigenvalue weighted by molar-refractivity contribution is -0.152. The minimum atomic E-state index is -4.48. The number of nitriles is 1. The van der Waals surface area contributed by atoms with Crippen molar-refractivity contribution < 1.29 is 13.2 Å². The third kappa shape index (κ3) is 3.68. The highest BCUT2D eigenvalue weighted by Gasteiger charge is 2.39. The van der Waals surface area contributed by atoms with Gasteiger partial charge < -0.3 is 0 Å². The Kier molecular flexibility index (Phi) is 4.62. The number of hydrogen-bond acceptors (Lipinski definition) is 3. The molecule has 0 fully saturated rings. The van der Waals surface area contributed by atoms with Crippen molar-refractivity contribution in [3.05, 3.63) is 22.8 Å². The number of alkyl halides is 3. The smallest absolute Gasteiger partial charge is 0.249 e. The summed E-state index contributed by atoms with van der Waals surface area (Å²) in [6, 6.07) is 4.59. The van der Waals surface area contributed by atoms with Gasteiger partial charge in [0.2, 0.25) is 0 Å². The first kappa shape index (κ1) is 13.3. The molecule has 1 aromatic heterocycles. The summed E-state index contributed by atoms with van der Waals surface area (Å²) >= 11 is 4.08. The minimum Gasteiger partial charge on any atom is -0.249 e. The van der Waals surface area contributed by atoms with E-state index in [1.54, 1.807) is 12.1 Å². The molecule has 16 heavy (non-hydrogen) atoms. The van der Waals surface area contributed by atoms with Crippen LogP contribution in [-0.4, -0.2) is 16.9 Å². The Balaban J connectivity index is 2.65. The number of pyridine rings is 1. The monoisotopic (exact) mass is 310 g/mol. The molecule has 1 heterocycles. The van der Waals surface area contributed by atoms with Crippen LogP contribution in [0.25, 0.3) is 0 Å². The molecule has 0 aromatic carbocycles. The van der Waals surface area contributed by atoms with Crippen molar-refractivity contribution in [3.63, 3.8) is 0 Å². The quantitative estimate of drug-likeness (QED) is 0.800. The summed E-state index contributed by atoms with van der Waals surface area (Å²) in [7, 11) is 0. The lowest BCUT2D eigenvalue weighted by atomic mass is 10.2. The number of hydrogen-bond donors (Lipinski definition) is 0. The molecule has 0 saturated carbocycles. The van der Waals surface area contributed by atoms with Gasteiger partial charge in [-0.1, -0.05) is 0 Å². The average molecular weight is 311 g/mol. The predicted molar refractivity (Wildman–Crippen MR) is 57.8 cm³/mol. The van der Waals surface area contributed by atoms with Crippen molar-refractivity contribution in [2.24, 2.45) is 5.92 Å². The maximum atomic E-state index is 12.3. The number of aromatic nitrogens is 1. The lowest BCUT2D eigenvalue weighted by Crippen LogP contribution is -2.23. The van der Waals surface area contributed by atoms with Gasteiger partial charge in [0.15, 0.2) is 5.92 Å². The van der Waals surface area contributed by atoms with Gasteiger partial charge in [-0.2, -0.15) is 18.4 Å². The number of rotatable bonds is 3. The second-order valence-electron chi connectivity index (χ2n) is 2.82. The van der Waals surface area contributed by atoms with Gasteiger partial charge in [-0.3, -0.25) is 0 Å². The molecule has 0 bridgehead atoms. The van der Waals surface area contributed by atoms with Crippen LogP contribution in [-0.2, 0) is 0 Å². The van der Waals surface area contributed by atoms with E-state index in [4.69, 9.17) is 5.26 Å². The van der Waals surface area contributed by atoms with E-state index < -0.39 is 12.1 Å². The molecule has 0 saturated heterocycles. The standard InChI is InChI=1S/C9H6BrF3N2S/c10-7-2-1-3-15-8(7)16-5-6(4-14)9(11,12)13/h1-3,6H,5H2. The zero-order valence-electron chi connectivity index (χ0n) is 7.83. The first-order valence-corrected chi connectivity index (χ1v) is 5.92. The second-order valence-corrected chi connectivity index (χ2v) is 4.69. The fraction of sp³-hybridized carbons (Fsp3) is 0.333. The van der Waals surface area contributed by atoms with Crippen molar-refractivity contribution >= 4 is 27.7 Å². The zero-order chi connectivity index (χ0) is 12.2. The van der Waals surface area contributed by atoms with Crippen molar-refractivity contribution in [3.8, 4) is 6.07 Å². The van der Waals surface area contributed by atoms with Crippen molar-refractivity contribution in [2.75, 3.05) is 5.75 Å². The molecule has 0 amide bonds. The summed E-state index contributed by atoms with van der Waals surface area (Å²) in [5.74, 6) is -2.32. The summed E-state index contributed by atoms with van der Waals surface area (Å²) in [6.07, 6.45) is -2.99. The molecule has 1 aromatic rings. The summed E-state index contributed by atoms with van der Waals surface area (Å²) in [6.45, 7) is 0. The maximum absolute atomic E-state index is 12.3. The summed E-state index contributed by atoms with van der Waals surface area (Å²) < 4.78 is 37.4. The van der Waals surface area contributed by atoms with Crippen LogP contribution >= 0.6 is 27.7 Å². The first-order valence-electron chi connectivity index (χ1n) is 4.15. The highest BCUT2D eigenvalue weighted by molar-refractivity contribution is 9.10. The third-order valence-electron chi connectivity index (χ3n) is 1.66. The Morgan fingerprint density at radius 1 is 1.56 bits per heavy atom. The lowest BCUT2D eigenvalue weighted by Gasteiger charge is -2.12. The molecular weight excluding hydrogens is 305 g/mol. The molecule has 0 aliphatic heterocycles. The molecule has 2 nitrogen and oxygen atoms in total. The highest BCUT2D eigenvalue weighted by Crippen LogP contribution is 2.32. The summed E-state index contributed by atoms with van der Waals surface area (Å²) in [4.78, 5) is 3.91. The van der Waals surface area contributed by atoms with E-state index in [2.05, 4.69) is 20.9 Å². The van der Waals surface area contributed by atoms with Crippen LogP contribution in [0.15, 0.2) is 27.8 Å². The fourth-order valence-electron chi connectivity index (χ4n) is 0.845. The van der Waals surface area contributed by atoms with Crippen LogP contribution in [0.3, 0.4) is 0 Å². The molecule has 1 unspecified atom stereocenters. The van der Waals surface area contributed by atoms with Crippen molar-refractivity contribution in [1.29, 1.82) is 5.26 Å². The van der Waals surface area contributed by atoms with Crippen molar-refractivity contribution in [2.45, 2.75) is 11.2 Å². The third-order valence-corrected chi connectivity index (χ3v) is 3.66. The molecule has 0 spiro atoms. The van der Waals surface area contributed by atoms with Crippen molar-refractivity contribution in [1.82, 2.24) is 4.98 Å². The predicted octanol–water partition coefficient (Wildman–Crippen LogP) is 3.64. The average Bonchev–Trinajstić information content (AvgIpc) is 2.19. The molecule has 7 heteroatoms. The van der Waals surface area contributed by atoms with E-state index in [1.807, 2.05) is 0 Å². The van der Waals surface area contributed by atoms with E-state index in [1.165, 1.54) is 12.3 Å². The Hall–Kier alpha value is -0.740. The molecule has 86 valence electrons. The van der Waals surface area contributed by atoms with Crippen LogP contribution in [0.2, 0.25) is 0 Å². The van der Waals surface area contributed by atoms with Crippen LogP contribution in [0, 0.1) is 17.2 Å². The molecule has 0 N–H and O–H groups in total. The van der Waals surface area contributed by atoms with Gasteiger partial charge in [-0.25, -0.2) is 4.98 Å².